The number of carboxylic acid groups (broad SMARTS) is 1. The molecule has 1 atom stereocenters. The summed E-state index contributed by atoms with van der Waals surface area (Å²) in [5, 5.41) is 11.0. The van der Waals surface area contributed by atoms with E-state index in [4.69, 9.17) is 0 Å². The lowest BCUT2D eigenvalue weighted by Crippen LogP contribution is -2.41. The molecule has 7 heteroatoms. The topological polar surface area (TPSA) is 69.0 Å². The molecular weight excluding hydrogens is 488 g/mol. The molecule has 2 aromatic carbocycles. The Morgan fingerprint density at radius 2 is 1.79 bits per heavy atom. The zero-order valence-corrected chi connectivity index (χ0v) is 23.2. The number of aromatic nitrogens is 1. The van der Waals surface area contributed by atoms with Gasteiger partial charge in [0.25, 0.3) is 0 Å². The number of likely N-dealkylation sites (tertiary alicyclic amines) is 1. The number of rotatable bonds is 6. The minimum absolute atomic E-state index is 0.168. The lowest BCUT2D eigenvalue weighted by Gasteiger charge is -2.30. The number of benzene rings is 2. The smallest absolute Gasteiger partial charge is 0.335 e. The van der Waals surface area contributed by atoms with Gasteiger partial charge in [0.1, 0.15) is 0 Å². The van der Waals surface area contributed by atoms with Crippen molar-refractivity contribution >= 4 is 28.5 Å². The number of carboxylic acids is 1. The molecule has 2 fully saturated rings. The van der Waals surface area contributed by atoms with E-state index in [2.05, 4.69) is 51.7 Å². The van der Waals surface area contributed by atoms with Crippen molar-refractivity contribution in [2.45, 2.75) is 64.0 Å². The van der Waals surface area contributed by atoms with E-state index in [1.807, 2.05) is 11.0 Å². The number of aromatic carboxylic acids is 1. The first-order valence-electron chi connectivity index (χ1n) is 14.6. The second kappa shape index (κ2) is 10.7. The Hall–Kier alpha value is -3.32. The summed E-state index contributed by atoms with van der Waals surface area (Å²) in [6.07, 6.45) is 7.24. The lowest BCUT2D eigenvalue weighted by molar-refractivity contribution is -0.127. The molecule has 6 rings (SSSR count). The van der Waals surface area contributed by atoms with Crippen molar-refractivity contribution in [1.82, 2.24) is 14.4 Å². The summed E-state index contributed by atoms with van der Waals surface area (Å²) in [5.74, 6) is -0.201. The van der Waals surface area contributed by atoms with E-state index in [0.717, 1.165) is 51.2 Å². The van der Waals surface area contributed by atoms with Crippen molar-refractivity contribution in [3.63, 3.8) is 0 Å². The van der Waals surface area contributed by atoms with Gasteiger partial charge in [0.05, 0.1) is 11.3 Å². The van der Waals surface area contributed by atoms with E-state index >= 15 is 0 Å². The molecule has 7 nitrogen and oxygen atoms in total. The van der Waals surface area contributed by atoms with E-state index in [1.165, 1.54) is 60.0 Å². The van der Waals surface area contributed by atoms with Gasteiger partial charge < -0.3 is 19.5 Å². The van der Waals surface area contributed by atoms with E-state index in [9.17, 15) is 14.7 Å². The molecule has 1 saturated carbocycles. The Labute approximate surface area is 231 Å². The van der Waals surface area contributed by atoms with Crippen LogP contribution in [0.2, 0.25) is 0 Å². The number of amides is 1. The highest BCUT2D eigenvalue weighted by Crippen LogP contribution is 2.47. The Morgan fingerprint density at radius 1 is 1.00 bits per heavy atom. The number of carbonyl (C=O) groups excluding carboxylic acids is 1. The normalized spacial score (nSPS) is 19.8. The first-order chi connectivity index (χ1) is 18.9. The van der Waals surface area contributed by atoms with Crippen molar-refractivity contribution in [3.8, 4) is 11.3 Å². The number of hydrogen-bond donors (Lipinski definition) is 1. The largest absolute Gasteiger partial charge is 0.478 e. The standard InChI is InChI=1S/C32H40N4O3/c1-22(37)35-15-14-25(21-35)33(2)16-17-34-18-19-36-29-20-24(32(38)39)12-13-26(29)30(23-8-4-3-5-9-23)31(36)27-10-6-7-11-28(27)34/h6-7,10-13,20,23,25H,3-5,8-9,14-19,21H2,1-2H3,(H,38,39). The van der Waals surface area contributed by atoms with Crippen molar-refractivity contribution in [1.29, 1.82) is 0 Å². The van der Waals surface area contributed by atoms with Gasteiger partial charge in [0.2, 0.25) is 5.91 Å². The van der Waals surface area contributed by atoms with Gasteiger partial charge in [0, 0.05) is 74.4 Å². The Bertz CT molecular complexity index is 1390. The van der Waals surface area contributed by atoms with Crippen LogP contribution in [0.1, 0.15) is 67.3 Å². The van der Waals surface area contributed by atoms with Crippen molar-refractivity contribution in [2.24, 2.45) is 0 Å². The molecule has 3 aliphatic rings. The quantitative estimate of drug-likeness (QED) is 0.462. The number of nitrogens with zero attached hydrogens (tertiary/aromatic N) is 4. The van der Waals surface area contributed by atoms with Crippen molar-refractivity contribution in [2.75, 3.05) is 44.7 Å². The maximum absolute atomic E-state index is 11.9. The molecule has 206 valence electrons. The Balaban J connectivity index is 1.36. The predicted octanol–water partition coefficient (Wildman–Crippen LogP) is 5.43. The molecule has 1 saturated heterocycles. The number of carbonyl (C=O) groups is 2. The highest BCUT2D eigenvalue weighted by molar-refractivity contribution is 5.99. The lowest BCUT2D eigenvalue weighted by atomic mass is 9.81. The van der Waals surface area contributed by atoms with Crippen LogP contribution >= 0.6 is 0 Å². The summed E-state index contributed by atoms with van der Waals surface area (Å²) in [5.41, 5.74) is 6.64. The minimum atomic E-state index is -0.874. The van der Waals surface area contributed by atoms with Crippen LogP contribution < -0.4 is 4.90 Å². The maximum atomic E-state index is 11.9. The summed E-state index contributed by atoms with van der Waals surface area (Å²) in [4.78, 5) is 30.6. The van der Waals surface area contributed by atoms with Gasteiger partial charge in [-0.25, -0.2) is 4.79 Å². The molecule has 1 unspecified atom stereocenters. The summed E-state index contributed by atoms with van der Waals surface area (Å²) in [7, 11) is 2.18. The second-order valence-corrected chi connectivity index (χ2v) is 11.7. The van der Waals surface area contributed by atoms with Crippen LogP contribution in [0, 0.1) is 0 Å². The van der Waals surface area contributed by atoms with Gasteiger partial charge in [-0.3, -0.25) is 9.69 Å². The van der Waals surface area contributed by atoms with Gasteiger partial charge in [-0.15, -0.1) is 0 Å². The van der Waals surface area contributed by atoms with Crippen LogP contribution in [-0.4, -0.2) is 77.2 Å². The predicted molar refractivity (Wildman–Crippen MR) is 156 cm³/mol. The monoisotopic (exact) mass is 528 g/mol. The van der Waals surface area contributed by atoms with Crippen LogP contribution in [0.3, 0.4) is 0 Å². The second-order valence-electron chi connectivity index (χ2n) is 11.7. The van der Waals surface area contributed by atoms with Crippen LogP contribution in [0.4, 0.5) is 5.69 Å². The third-order valence-corrected chi connectivity index (χ3v) is 9.41. The van der Waals surface area contributed by atoms with Crippen LogP contribution in [0.15, 0.2) is 42.5 Å². The zero-order chi connectivity index (χ0) is 27.1. The first-order valence-corrected chi connectivity index (χ1v) is 14.6. The average Bonchev–Trinajstić information content (AvgIpc) is 3.53. The summed E-state index contributed by atoms with van der Waals surface area (Å²) < 4.78 is 2.41. The molecule has 1 N–H and O–H groups in total. The Morgan fingerprint density at radius 3 is 2.54 bits per heavy atom. The minimum Gasteiger partial charge on any atom is -0.478 e. The molecule has 1 aliphatic carbocycles. The zero-order valence-electron chi connectivity index (χ0n) is 23.2. The van der Waals surface area contributed by atoms with Crippen LogP contribution in [0.5, 0.6) is 0 Å². The van der Waals surface area contributed by atoms with Gasteiger partial charge in [0.15, 0.2) is 0 Å². The van der Waals surface area contributed by atoms with Gasteiger partial charge in [-0.1, -0.05) is 43.5 Å². The molecule has 2 aliphatic heterocycles. The van der Waals surface area contributed by atoms with E-state index in [0.29, 0.717) is 17.5 Å². The van der Waals surface area contributed by atoms with Crippen LogP contribution in [0.25, 0.3) is 22.2 Å². The van der Waals surface area contributed by atoms with E-state index < -0.39 is 5.97 Å². The number of para-hydroxylation sites is 1. The summed E-state index contributed by atoms with van der Waals surface area (Å²) >= 11 is 0. The van der Waals surface area contributed by atoms with E-state index in [1.54, 1.807) is 13.0 Å². The summed E-state index contributed by atoms with van der Waals surface area (Å²) in [6, 6.07) is 14.9. The molecule has 3 aromatic rings. The van der Waals surface area contributed by atoms with Gasteiger partial charge in [-0.2, -0.15) is 0 Å². The molecule has 39 heavy (non-hydrogen) atoms. The fourth-order valence-electron chi connectivity index (χ4n) is 7.21. The molecule has 0 spiro atoms. The number of likely N-dealkylation sites (N-methyl/N-ethyl adjacent to an activating group) is 1. The fourth-order valence-corrected chi connectivity index (χ4v) is 7.21. The van der Waals surface area contributed by atoms with Crippen molar-refractivity contribution < 1.29 is 14.7 Å². The molecule has 3 heterocycles. The summed E-state index contributed by atoms with van der Waals surface area (Å²) in [6.45, 7) is 6.86. The SMILES string of the molecule is CC(=O)N1CCC(N(C)CCN2CCn3c(c(C4CCCCC4)c4ccc(C(=O)O)cc43)-c3ccccc32)C1. The maximum Gasteiger partial charge on any atom is 0.335 e. The fraction of sp³-hybridized carbons (Fsp3) is 0.500. The molecular formula is C32H40N4O3. The number of fused-ring (bicyclic) bond motifs is 5. The van der Waals surface area contributed by atoms with Gasteiger partial charge in [-0.05, 0) is 56.0 Å². The van der Waals surface area contributed by atoms with Crippen molar-refractivity contribution in [3.05, 3.63) is 53.6 Å². The number of hydrogen-bond acceptors (Lipinski definition) is 4. The third kappa shape index (κ3) is 4.82. The highest BCUT2D eigenvalue weighted by atomic mass is 16.4. The van der Waals surface area contributed by atoms with E-state index in [-0.39, 0.29) is 5.91 Å². The molecule has 0 bridgehead atoms. The third-order valence-electron chi connectivity index (χ3n) is 9.41. The molecule has 1 aromatic heterocycles. The highest BCUT2D eigenvalue weighted by Gasteiger charge is 2.31. The first kappa shape index (κ1) is 25.9. The number of anilines is 1. The molecule has 0 radical (unpaired) electrons. The molecule has 1 amide bonds. The van der Waals surface area contributed by atoms with Crippen LogP contribution in [-0.2, 0) is 11.3 Å². The van der Waals surface area contributed by atoms with Gasteiger partial charge >= 0.3 is 5.97 Å². The Kier molecular flexibility index (Phi) is 7.10. The average molecular weight is 529 g/mol.